The molecule has 0 aromatic heterocycles. The number of nitrogens with two attached hydrogens (primary N) is 1. The monoisotopic (exact) mass is 319 g/mol. The maximum absolute atomic E-state index is 0. The second-order valence-corrected chi connectivity index (χ2v) is 0. The molecule has 5 heavy (non-hydrogen) atoms. The summed E-state index contributed by atoms with van der Waals surface area (Å²) in [5.74, 6) is 0. The van der Waals surface area contributed by atoms with Crippen LogP contribution >= 0.6 is 0 Å². The van der Waals surface area contributed by atoms with Crippen molar-refractivity contribution >= 4 is 0 Å². The maximum atomic E-state index is 0. The maximum Gasteiger partial charge on any atom is 2.00 e. The van der Waals surface area contributed by atoms with Gasteiger partial charge in [-0.2, -0.15) is 0 Å². The van der Waals surface area contributed by atoms with Gasteiger partial charge >= 0.3 is 21.1 Å². The van der Waals surface area contributed by atoms with E-state index in [1.54, 1.807) is 0 Å². The van der Waals surface area contributed by atoms with Gasteiger partial charge in [-0.25, -0.2) is 0 Å². The van der Waals surface area contributed by atoms with Gasteiger partial charge in [0.05, 0.1) is 0 Å². The summed E-state index contributed by atoms with van der Waals surface area (Å²) in [7, 11) is 0. The van der Waals surface area contributed by atoms with Crippen molar-refractivity contribution in [2.75, 3.05) is 0 Å². The molecule has 0 heterocycles. The SMILES string of the molecule is [CH3-].[CH3-].[NH2-].[W+2].[Y]. The molecule has 0 atom stereocenters. The fourth-order valence-corrected chi connectivity index (χ4v) is 0. The van der Waals surface area contributed by atoms with Crippen LogP contribution in [0.5, 0.6) is 0 Å². The van der Waals surface area contributed by atoms with Crippen molar-refractivity contribution in [1.82, 2.24) is 0 Å². The van der Waals surface area contributed by atoms with Gasteiger partial charge in [0.25, 0.3) is 0 Å². The molecule has 1 nitrogen and oxygen atoms in total. The number of hydrogen-bond acceptors (Lipinski definition) is 0. The van der Waals surface area contributed by atoms with Crippen molar-refractivity contribution in [1.29, 1.82) is 0 Å². The van der Waals surface area contributed by atoms with Gasteiger partial charge in [0.2, 0.25) is 0 Å². The van der Waals surface area contributed by atoms with E-state index in [0.29, 0.717) is 0 Å². The molecule has 0 saturated carbocycles. The molecule has 0 aromatic carbocycles. The molecule has 31 valence electrons. The van der Waals surface area contributed by atoms with Crippen LogP contribution in [0.2, 0.25) is 0 Å². The molecule has 0 unspecified atom stereocenters. The van der Waals surface area contributed by atoms with E-state index >= 15 is 0 Å². The van der Waals surface area contributed by atoms with Crippen LogP contribution in [-0.4, -0.2) is 0 Å². The summed E-state index contributed by atoms with van der Waals surface area (Å²) in [6.07, 6.45) is 0. The van der Waals surface area contributed by atoms with Crippen LogP contribution in [0.25, 0.3) is 6.15 Å². The van der Waals surface area contributed by atoms with Crippen LogP contribution in [0, 0.1) is 14.9 Å². The van der Waals surface area contributed by atoms with E-state index in [0.717, 1.165) is 0 Å². The standard InChI is InChI=1S/2CH3.H2N.W.Y/h2*1H3;1H2;;/q3*-1;+2;. The average molecular weight is 319 g/mol. The Morgan fingerprint density at radius 3 is 0.800 bits per heavy atom. The van der Waals surface area contributed by atoms with Gasteiger partial charge in [-0.15, -0.1) is 0 Å². The molecule has 0 aromatic rings. The Morgan fingerprint density at radius 2 is 0.800 bits per heavy atom. The molecule has 0 aliphatic rings. The minimum Gasteiger partial charge on any atom is -0.693 e. The Kier molecular flexibility index (Phi) is 616. The first-order valence-electron chi connectivity index (χ1n) is 0. The summed E-state index contributed by atoms with van der Waals surface area (Å²) in [6, 6.07) is 0. The Hall–Kier alpha value is 1.75. The molecule has 0 saturated heterocycles. The van der Waals surface area contributed by atoms with Gasteiger partial charge in [-0.3, -0.25) is 0 Å². The summed E-state index contributed by atoms with van der Waals surface area (Å²) in [4.78, 5) is 0. The fraction of sp³-hybridized carbons (Fsp3) is 0. The van der Waals surface area contributed by atoms with E-state index in [1.165, 1.54) is 0 Å². The van der Waals surface area contributed by atoms with Gasteiger partial charge in [0.15, 0.2) is 0 Å². The van der Waals surface area contributed by atoms with Crippen LogP contribution < -0.4 is 0 Å². The van der Waals surface area contributed by atoms with Gasteiger partial charge in [-0.05, 0) is 0 Å². The Bertz CT molecular complexity index is 9.61. The fourth-order valence-electron chi connectivity index (χ4n) is 0. The summed E-state index contributed by atoms with van der Waals surface area (Å²) < 4.78 is 0. The predicted molar refractivity (Wildman–Crippen MR) is 18.1 cm³/mol. The van der Waals surface area contributed by atoms with Gasteiger partial charge in [-0.1, -0.05) is 0 Å². The van der Waals surface area contributed by atoms with Crippen molar-refractivity contribution in [3.63, 3.8) is 0 Å². The molecule has 0 bridgehead atoms. The third-order valence-corrected chi connectivity index (χ3v) is 0. The summed E-state index contributed by atoms with van der Waals surface area (Å²) >= 11 is 0. The van der Waals surface area contributed by atoms with Crippen LogP contribution in [0.1, 0.15) is 0 Å². The van der Waals surface area contributed by atoms with Crippen molar-refractivity contribution < 1.29 is 53.8 Å². The van der Waals surface area contributed by atoms with Crippen molar-refractivity contribution in [2.24, 2.45) is 0 Å². The van der Waals surface area contributed by atoms with Gasteiger partial charge in [0.1, 0.15) is 0 Å². The summed E-state index contributed by atoms with van der Waals surface area (Å²) in [6.45, 7) is 0. The third kappa shape index (κ3) is 26.4. The van der Waals surface area contributed by atoms with Crippen molar-refractivity contribution in [2.45, 2.75) is 0 Å². The van der Waals surface area contributed by atoms with E-state index in [9.17, 15) is 0 Å². The third-order valence-electron chi connectivity index (χ3n) is 0. The van der Waals surface area contributed by atoms with E-state index < -0.39 is 0 Å². The molecule has 0 spiro atoms. The first kappa shape index (κ1) is 72.8. The van der Waals surface area contributed by atoms with Crippen LogP contribution in [0.15, 0.2) is 0 Å². The largest absolute Gasteiger partial charge is 2.00 e. The molecule has 0 aliphatic heterocycles. The minimum atomic E-state index is 0. The summed E-state index contributed by atoms with van der Waals surface area (Å²) in [5.41, 5.74) is 0. The second-order valence-electron chi connectivity index (χ2n) is 0. The zero-order valence-corrected chi connectivity index (χ0v) is 9.33. The normalized spacial score (nSPS) is 0. The molecule has 3 heteroatoms. The van der Waals surface area contributed by atoms with Crippen molar-refractivity contribution in [3.8, 4) is 0 Å². The second kappa shape index (κ2) is 42.3. The van der Waals surface area contributed by atoms with Gasteiger partial charge < -0.3 is 21.0 Å². The van der Waals surface area contributed by atoms with E-state index in [4.69, 9.17) is 0 Å². The molecule has 0 fully saturated rings. The van der Waals surface area contributed by atoms with Gasteiger partial charge in [0, 0.05) is 32.7 Å². The molecule has 1 radical (unpaired) electrons. The van der Waals surface area contributed by atoms with E-state index in [2.05, 4.69) is 0 Å². The molecular formula is C2H8NWY-. The molecule has 0 aliphatic carbocycles. The molecule has 0 rings (SSSR count). The molecule has 0 amide bonds. The van der Waals surface area contributed by atoms with Crippen molar-refractivity contribution in [3.05, 3.63) is 21.0 Å². The Morgan fingerprint density at radius 1 is 0.800 bits per heavy atom. The smallest absolute Gasteiger partial charge is 0.693 e. The van der Waals surface area contributed by atoms with Crippen LogP contribution in [0.3, 0.4) is 0 Å². The first-order chi connectivity index (χ1) is 0. The van der Waals surface area contributed by atoms with E-state index in [1.807, 2.05) is 0 Å². The predicted octanol–water partition coefficient (Wildman–Crippen LogP) is 1.61. The number of rotatable bonds is 0. The molecule has 2 N–H and O–H groups in total. The minimum absolute atomic E-state index is 0. The number of hydrogen-bond donors (Lipinski definition) is 0. The topological polar surface area (TPSA) is 33.5 Å². The zero-order chi connectivity index (χ0) is 0. The van der Waals surface area contributed by atoms with Crippen LogP contribution in [-0.2, 0) is 53.8 Å². The van der Waals surface area contributed by atoms with Crippen LogP contribution in [0.4, 0.5) is 0 Å². The quantitative estimate of drug-likeness (QED) is 0.608. The molecular weight excluding hydrogens is 311 g/mol. The first-order valence-corrected chi connectivity index (χ1v) is 0. The summed E-state index contributed by atoms with van der Waals surface area (Å²) in [5, 5.41) is 0. The zero-order valence-electron chi connectivity index (χ0n) is 3.56. The van der Waals surface area contributed by atoms with E-state index in [-0.39, 0.29) is 74.8 Å². The Labute approximate surface area is 74.0 Å². The Balaban J connectivity index is 0. The average Bonchev–Trinajstić information content (AvgIpc) is 0.